The summed E-state index contributed by atoms with van der Waals surface area (Å²) in [6.07, 6.45) is 3.69. The van der Waals surface area contributed by atoms with Crippen molar-refractivity contribution in [2.24, 2.45) is 0 Å². The minimum atomic E-state index is -0.204. The van der Waals surface area contributed by atoms with Gasteiger partial charge in [0.05, 0.1) is 5.60 Å². The van der Waals surface area contributed by atoms with Gasteiger partial charge in [0, 0.05) is 26.6 Å². The van der Waals surface area contributed by atoms with Crippen LogP contribution in [0, 0.1) is 0 Å². The van der Waals surface area contributed by atoms with Crippen molar-refractivity contribution in [1.29, 1.82) is 0 Å². The summed E-state index contributed by atoms with van der Waals surface area (Å²) in [5.74, 6) is 0.726. The quantitative estimate of drug-likeness (QED) is 0.849. The van der Waals surface area contributed by atoms with Crippen LogP contribution in [0.5, 0.6) is 0 Å². The van der Waals surface area contributed by atoms with Crippen molar-refractivity contribution >= 4 is 6.01 Å². The lowest BCUT2D eigenvalue weighted by Gasteiger charge is -2.40. The fourth-order valence-electron chi connectivity index (χ4n) is 3.10. The van der Waals surface area contributed by atoms with Crippen molar-refractivity contribution in [2.45, 2.75) is 38.2 Å². The van der Waals surface area contributed by atoms with Crippen LogP contribution in [-0.2, 0) is 16.8 Å². The van der Waals surface area contributed by atoms with Crippen LogP contribution in [0.2, 0.25) is 0 Å². The highest BCUT2D eigenvalue weighted by Crippen LogP contribution is 2.37. The predicted molar refractivity (Wildman–Crippen MR) is 84.9 cm³/mol. The standard InChI is InChI=1S/C17H23N3O2/c1-3-7-15-18-19-16(22-15)20-12-10-17(21-2,11-13-20)14-8-5-4-6-9-14/h4-6,8-9H,3,7,10-13H2,1-2H3. The number of ether oxygens (including phenoxy) is 1. The van der Waals surface area contributed by atoms with Gasteiger partial charge >= 0.3 is 6.01 Å². The van der Waals surface area contributed by atoms with Gasteiger partial charge in [-0.25, -0.2) is 0 Å². The fourth-order valence-corrected chi connectivity index (χ4v) is 3.10. The van der Waals surface area contributed by atoms with Crippen molar-refractivity contribution in [2.75, 3.05) is 25.1 Å². The molecule has 2 aromatic rings. The summed E-state index contributed by atoms with van der Waals surface area (Å²) < 4.78 is 11.6. The van der Waals surface area contributed by atoms with Crippen molar-refractivity contribution in [3.05, 3.63) is 41.8 Å². The molecule has 1 fully saturated rings. The van der Waals surface area contributed by atoms with Crippen molar-refractivity contribution in [3.63, 3.8) is 0 Å². The van der Waals surface area contributed by atoms with Gasteiger partial charge in [0.15, 0.2) is 0 Å². The molecule has 0 unspecified atom stereocenters. The number of benzene rings is 1. The van der Waals surface area contributed by atoms with E-state index in [1.54, 1.807) is 7.11 Å². The summed E-state index contributed by atoms with van der Waals surface area (Å²) in [7, 11) is 1.80. The molecule has 0 spiro atoms. The summed E-state index contributed by atoms with van der Waals surface area (Å²) in [5, 5.41) is 8.28. The third kappa shape index (κ3) is 2.86. The summed E-state index contributed by atoms with van der Waals surface area (Å²) in [4.78, 5) is 2.16. The van der Waals surface area contributed by atoms with Gasteiger partial charge in [0.2, 0.25) is 5.89 Å². The maximum absolute atomic E-state index is 5.90. The number of rotatable bonds is 5. The van der Waals surface area contributed by atoms with E-state index in [0.29, 0.717) is 6.01 Å². The number of methoxy groups -OCH3 is 1. The summed E-state index contributed by atoms with van der Waals surface area (Å²) in [6.45, 7) is 3.82. The first-order valence-corrected chi connectivity index (χ1v) is 7.95. The molecule has 1 aromatic carbocycles. The Labute approximate surface area is 131 Å². The number of piperidine rings is 1. The van der Waals surface area contributed by atoms with E-state index in [4.69, 9.17) is 9.15 Å². The Morgan fingerprint density at radius 3 is 2.55 bits per heavy atom. The largest absolute Gasteiger partial charge is 0.408 e. The molecule has 3 rings (SSSR count). The van der Waals surface area contributed by atoms with Crippen LogP contribution in [0.1, 0.15) is 37.6 Å². The molecular formula is C17H23N3O2. The molecule has 0 amide bonds. The molecule has 0 radical (unpaired) electrons. The lowest BCUT2D eigenvalue weighted by molar-refractivity contribution is -0.0351. The molecule has 22 heavy (non-hydrogen) atoms. The van der Waals surface area contributed by atoms with Crippen LogP contribution >= 0.6 is 0 Å². The Bertz CT molecular complexity index is 589. The highest BCUT2D eigenvalue weighted by Gasteiger charge is 2.37. The molecule has 1 saturated heterocycles. The zero-order chi connectivity index (χ0) is 15.4. The second kappa shape index (κ2) is 6.48. The molecule has 2 heterocycles. The molecule has 0 saturated carbocycles. The molecule has 0 bridgehead atoms. The number of hydrogen-bond acceptors (Lipinski definition) is 5. The van der Waals surface area contributed by atoms with Gasteiger partial charge in [-0.05, 0) is 24.8 Å². The Kier molecular flexibility index (Phi) is 4.43. The van der Waals surface area contributed by atoms with Gasteiger partial charge in [-0.2, -0.15) is 0 Å². The Morgan fingerprint density at radius 2 is 1.91 bits per heavy atom. The Hall–Kier alpha value is -1.88. The van der Waals surface area contributed by atoms with E-state index < -0.39 is 0 Å². The molecular weight excluding hydrogens is 278 g/mol. The van der Waals surface area contributed by atoms with Crippen molar-refractivity contribution in [3.8, 4) is 0 Å². The van der Waals surface area contributed by atoms with Crippen LogP contribution in [0.4, 0.5) is 6.01 Å². The molecule has 1 aliphatic heterocycles. The molecule has 5 heteroatoms. The van der Waals surface area contributed by atoms with Crippen LogP contribution in [0.25, 0.3) is 0 Å². The molecule has 0 aliphatic carbocycles. The van der Waals surface area contributed by atoms with Gasteiger partial charge in [0.1, 0.15) is 0 Å². The first-order valence-electron chi connectivity index (χ1n) is 7.95. The molecule has 1 aliphatic rings. The van der Waals surface area contributed by atoms with Crippen LogP contribution < -0.4 is 4.90 Å². The number of hydrogen-bond donors (Lipinski definition) is 0. The number of aromatic nitrogens is 2. The smallest absolute Gasteiger partial charge is 0.318 e. The SMILES string of the molecule is CCCc1nnc(N2CCC(OC)(c3ccccc3)CC2)o1. The lowest BCUT2D eigenvalue weighted by atomic mass is 9.84. The van der Waals surface area contributed by atoms with Gasteiger partial charge < -0.3 is 14.1 Å². The van der Waals surface area contributed by atoms with Crippen LogP contribution in [-0.4, -0.2) is 30.4 Å². The van der Waals surface area contributed by atoms with Gasteiger partial charge in [0.25, 0.3) is 0 Å². The van der Waals surface area contributed by atoms with Gasteiger partial charge in [-0.3, -0.25) is 0 Å². The number of anilines is 1. The van der Waals surface area contributed by atoms with E-state index in [1.165, 1.54) is 5.56 Å². The van der Waals surface area contributed by atoms with E-state index >= 15 is 0 Å². The molecule has 118 valence electrons. The molecule has 0 atom stereocenters. The lowest BCUT2D eigenvalue weighted by Crippen LogP contribution is -2.44. The average Bonchev–Trinajstić information content (AvgIpc) is 3.05. The monoisotopic (exact) mass is 301 g/mol. The third-order valence-corrected chi connectivity index (χ3v) is 4.45. The molecule has 5 nitrogen and oxygen atoms in total. The fraction of sp³-hybridized carbons (Fsp3) is 0.529. The van der Waals surface area contributed by atoms with E-state index in [2.05, 4.69) is 46.3 Å². The second-order valence-electron chi connectivity index (χ2n) is 5.78. The summed E-state index contributed by atoms with van der Waals surface area (Å²) in [5.41, 5.74) is 1.04. The topological polar surface area (TPSA) is 51.4 Å². The number of aryl methyl sites for hydroxylation is 1. The van der Waals surface area contributed by atoms with Crippen molar-refractivity contribution in [1.82, 2.24) is 10.2 Å². The van der Waals surface area contributed by atoms with Crippen molar-refractivity contribution < 1.29 is 9.15 Å². The molecule has 1 aromatic heterocycles. The Morgan fingerprint density at radius 1 is 1.18 bits per heavy atom. The van der Waals surface area contributed by atoms with Crippen LogP contribution in [0.3, 0.4) is 0 Å². The van der Waals surface area contributed by atoms with E-state index in [9.17, 15) is 0 Å². The zero-order valence-corrected chi connectivity index (χ0v) is 13.3. The Balaban J connectivity index is 1.70. The van der Waals surface area contributed by atoms with E-state index in [-0.39, 0.29) is 5.60 Å². The highest BCUT2D eigenvalue weighted by molar-refractivity contribution is 5.30. The van der Waals surface area contributed by atoms with E-state index in [0.717, 1.165) is 44.7 Å². The third-order valence-electron chi connectivity index (χ3n) is 4.45. The molecule has 0 N–H and O–H groups in total. The van der Waals surface area contributed by atoms with Crippen LogP contribution in [0.15, 0.2) is 34.7 Å². The van der Waals surface area contributed by atoms with Gasteiger partial charge in [-0.15, -0.1) is 5.10 Å². The summed E-state index contributed by atoms with van der Waals surface area (Å²) >= 11 is 0. The maximum atomic E-state index is 5.90. The predicted octanol–water partition coefficient (Wildman–Crippen LogP) is 3.16. The minimum Gasteiger partial charge on any atom is -0.408 e. The normalized spacial score (nSPS) is 17.6. The zero-order valence-electron chi connectivity index (χ0n) is 13.3. The first kappa shape index (κ1) is 15.0. The second-order valence-corrected chi connectivity index (χ2v) is 5.78. The first-order chi connectivity index (χ1) is 10.8. The average molecular weight is 301 g/mol. The highest BCUT2D eigenvalue weighted by atomic mass is 16.5. The number of nitrogens with zero attached hydrogens (tertiary/aromatic N) is 3. The minimum absolute atomic E-state index is 0.204. The van der Waals surface area contributed by atoms with E-state index in [1.807, 2.05) is 6.07 Å². The van der Waals surface area contributed by atoms with Gasteiger partial charge in [-0.1, -0.05) is 42.4 Å². The maximum Gasteiger partial charge on any atom is 0.318 e. The summed E-state index contributed by atoms with van der Waals surface area (Å²) in [6, 6.07) is 11.1.